The van der Waals surface area contributed by atoms with Gasteiger partial charge in [-0.3, -0.25) is 9.59 Å². The Bertz CT molecular complexity index is 1500. The average Bonchev–Trinajstić information content (AvgIpc) is 3.09. The van der Waals surface area contributed by atoms with Gasteiger partial charge in [-0.15, -0.1) is 0 Å². The van der Waals surface area contributed by atoms with Gasteiger partial charge in [-0.05, 0) is 102 Å². The van der Waals surface area contributed by atoms with E-state index in [1.807, 2.05) is 0 Å². The fourth-order valence-electron chi connectivity index (χ4n) is 5.63. The van der Waals surface area contributed by atoms with Gasteiger partial charge in [0.1, 0.15) is 6.10 Å². The van der Waals surface area contributed by atoms with Crippen molar-refractivity contribution in [3.63, 3.8) is 0 Å². The molecule has 18 heteroatoms. The van der Waals surface area contributed by atoms with Crippen LogP contribution < -0.4 is 0 Å². The van der Waals surface area contributed by atoms with Crippen LogP contribution in [-0.2, 0) is 29.9 Å². The van der Waals surface area contributed by atoms with Gasteiger partial charge in [0.05, 0.1) is 10.8 Å². The first kappa shape index (κ1) is 57.2. The van der Waals surface area contributed by atoms with E-state index in [0.717, 1.165) is 6.92 Å². The molecule has 0 aliphatic heterocycles. The van der Waals surface area contributed by atoms with Gasteiger partial charge in [-0.1, -0.05) is 79.7 Å². The van der Waals surface area contributed by atoms with Gasteiger partial charge in [0, 0.05) is 11.8 Å². The molecule has 0 radical (unpaired) electrons. The SMILES string of the molecule is CCC(C)(C)C(=O)OC(C)C(F)(F)F.CCC(C)(C)C(=O)OC1CC(C(C)(O)C(F)(F)F)CC(C(O)(C(F)(F)F)C(F)(F)F)C1.CCC(C)(C)c1ccc(C(C)(C)C)cc1. The molecule has 0 heterocycles. The molecule has 2 rings (SSSR count). The fourth-order valence-corrected chi connectivity index (χ4v) is 5.63. The molecule has 1 aromatic carbocycles. The predicted octanol–water partition coefficient (Wildman–Crippen LogP) is 12.5. The monoisotopic (exact) mass is 892 g/mol. The molecule has 1 aliphatic rings. The van der Waals surface area contributed by atoms with Crippen molar-refractivity contribution in [1.29, 1.82) is 0 Å². The van der Waals surface area contributed by atoms with Crippen LogP contribution in [0.15, 0.2) is 24.3 Å². The lowest BCUT2D eigenvalue weighted by molar-refractivity contribution is -0.391. The number of benzene rings is 1. The quantitative estimate of drug-likeness (QED) is 0.180. The molecule has 0 spiro atoms. The topological polar surface area (TPSA) is 93.1 Å². The van der Waals surface area contributed by atoms with Crippen LogP contribution in [0.5, 0.6) is 0 Å². The van der Waals surface area contributed by atoms with Gasteiger partial charge >= 0.3 is 36.6 Å². The normalized spacial score (nSPS) is 20.4. The Hall–Kier alpha value is -2.76. The van der Waals surface area contributed by atoms with E-state index in [1.54, 1.807) is 27.7 Å². The van der Waals surface area contributed by atoms with Crippen molar-refractivity contribution in [2.24, 2.45) is 22.7 Å². The maximum absolute atomic E-state index is 13.3. The lowest BCUT2D eigenvalue weighted by Gasteiger charge is -2.47. The smallest absolute Gasteiger partial charge is 0.426 e. The first-order valence-corrected chi connectivity index (χ1v) is 19.6. The molecule has 1 fully saturated rings. The van der Waals surface area contributed by atoms with Crippen molar-refractivity contribution in [3.8, 4) is 0 Å². The summed E-state index contributed by atoms with van der Waals surface area (Å²) >= 11 is 0. The Morgan fingerprint density at radius 3 is 1.32 bits per heavy atom. The molecule has 0 aromatic heterocycles. The molecule has 6 nitrogen and oxygen atoms in total. The Balaban J connectivity index is 0.000000994. The third-order valence-corrected chi connectivity index (χ3v) is 11.8. The Labute approximate surface area is 346 Å². The third kappa shape index (κ3) is 14.7. The third-order valence-electron chi connectivity index (χ3n) is 11.8. The molecule has 352 valence electrons. The Morgan fingerprint density at radius 1 is 0.600 bits per heavy atom. The molecular formula is C42H64F12O6. The zero-order valence-electron chi connectivity index (χ0n) is 36.9. The number of rotatable bonds is 10. The maximum atomic E-state index is 13.3. The summed E-state index contributed by atoms with van der Waals surface area (Å²) in [6.07, 6.45) is -28.0. The van der Waals surface area contributed by atoms with Gasteiger partial charge in [-0.25, -0.2) is 0 Å². The lowest BCUT2D eigenvalue weighted by Crippen LogP contribution is -2.64. The minimum atomic E-state index is -6.28. The van der Waals surface area contributed by atoms with Crippen molar-refractivity contribution < 1.29 is 82.0 Å². The van der Waals surface area contributed by atoms with E-state index >= 15 is 0 Å². The Morgan fingerprint density at radius 2 is 0.983 bits per heavy atom. The summed E-state index contributed by atoms with van der Waals surface area (Å²) in [7, 11) is 0. The highest BCUT2D eigenvalue weighted by molar-refractivity contribution is 5.76. The van der Waals surface area contributed by atoms with Crippen LogP contribution in [0.2, 0.25) is 0 Å². The molecule has 0 bridgehead atoms. The van der Waals surface area contributed by atoms with Gasteiger partial charge in [0.25, 0.3) is 5.60 Å². The number of hydrogen-bond donors (Lipinski definition) is 2. The van der Waals surface area contributed by atoms with E-state index in [0.29, 0.717) is 11.8 Å². The molecule has 0 saturated heterocycles. The van der Waals surface area contributed by atoms with E-state index in [4.69, 9.17) is 4.74 Å². The van der Waals surface area contributed by atoms with E-state index in [1.165, 1.54) is 31.4 Å². The van der Waals surface area contributed by atoms with Crippen LogP contribution >= 0.6 is 0 Å². The van der Waals surface area contributed by atoms with E-state index < -0.39 is 102 Å². The molecule has 2 N–H and O–H groups in total. The number of alkyl halides is 12. The predicted molar refractivity (Wildman–Crippen MR) is 203 cm³/mol. The van der Waals surface area contributed by atoms with Gasteiger partial charge < -0.3 is 19.7 Å². The highest BCUT2D eigenvalue weighted by Gasteiger charge is 2.75. The second-order valence-electron chi connectivity index (χ2n) is 18.7. The van der Waals surface area contributed by atoms with Gasteiger partial charge in [0.2, 0.25) is 0 Å². The molecule has 60 heavy (non-hydrogen) atoms. The van der Waals surface area contributed by atoms with Crippen molar-refractivity contribution in [3.05, 3.63) is 35.4 Å². The van der Waals surface area contributed by atoms with Crippen LogP contribution in [0.3, 0.4) is 0 Å². The van der Waals surface area contributed by atoms with E-state index in [2.05, 4.69) is 70.5 Å². The van der Waals surface area contributed by atoms with Crippen molar-refractivity contribution in [1.82, 2.24) is 0 Å². The molecule has 5 atom stereocenters. The second-order valence-corrected chi connectivity index (χ2v) is 18.7. The van der Waals surface area contributed by atoms with Crippen molar-refractivity contribution >= 4 is 11.9 Å². The zero-order chi connectivity index (χ0) is 48.1. The highest BCUT2D eigenvalue weighted by atomic mass is 19.4. The number of ether oxygens (including phenoxy) is 2. The van der Waals surface area contributed by atoms with Crippen LogP contribution in [-0.4, -0.2) is 70.3 Å². The maximum Gasteiger partial charge on any atom is 0.426 e. The summed E-state index contributed by atoms with van der Waals surface area (Å²) in [5, 5.41) is 19.6. The molecule has 5 unspecified atom stereocenters. The Kier molecular flexibility index (Phi) is 18.8. The van der Waals surface area contributed by atoms with Crippen molar-refractivity contribution in [2.75, 3.05) is 0 Å². The van der Waals surface area contributed by atoms with E-state index in [-0.39, 0.29) is 18.8 Å². The largest absolute Gasteiger partial charge is 0.462 e. The molecule has 1 saturated carbocycles. The fraction of sp³-hybridized carbons (Fsp3) is 0.810. The first-order valence-electron chi connectivity index (χ1n) is 19.6. The van der Waals surface area contributed by atoms with Crippen LogP contribution in [0.25, 0.3) is 0 Å². The van der Waals surface area contributed by atoms with Gasteiger partial charge in [-0.2, -0.15) is 52.7 Å². The zero-order valence-corrected chi connectivity index (χ0v) is 36.9. The molecule has 1 aromatic rings. The van der Waals surface area contributed by atoms with Crippen LogP contribution in [0.4, 0.5) is 52.7 Å². The average molecular weight is 893 g/mol. The highest BCUT2D eigenvalue weighted by Crippen LogP contribution is 2.55. The number of halogens is 12. The number of carbonyl (C=O) groups is 2. The summed E-state index contributed by atoms with van der Waals surface area (Å²) in [4.78, 5) is 23.5. The number of esters is 2. The summed E-state index contributed by atoms with van der Waals surface area (Å²) in [5.74, 6) is -6.90. The molecule has 0 amide bonds. The summed E-state index contributed by atoms with van der Waals surface area (Å²) in [6, 6.07) is 9.10. The van der Waals surface area contributed by atoms with Gasteiger partial charge in [0.15, 0.2) is 11.7 Å². The number of carbonyl (C=O) groups excluding carboxylic acids is 2. The van der Waals surface area contributed by atoms with Crippen molar-refractivity contribution in [2.45, 2.75) is 194 Å². The number of hydrogen-bond acceptors (Lipinski definition) is 6. The van der Waals surface area contributed by atoms with E-state index in [9.17, 15) is 72.5 Å². The standard InChI is InChI=1S/C18H25F9O4.C15H24.C9H15F3O2/c1-5-13(2,3)12(28)31-11-7-9(14(4,29)16(19,20)21)6-10(8-11)15(30,17(22,23)24)18(25,26)27;1-7-15(5,6)13-10-8-12(9-11-13)14(2,3)4;1-5-8(3,4)7(13)14-6(2)9(10,11)12/h9-11,29-30H,5-8H2,1-4H3;8-11H,7H2,1-6H3;6H,5H2,1-4H3. The molecule has 1 aliphatic carbocycles. The summed E-state index contributed by atoms with van der Waals surface area (Å²) < 4.78 is 165. The minimum Gasteiger partial charge on any atom is -0.462 e. The number of aliphatic hydroxyl groups is 2. The van der Waals surface area contributed by atoms with Crippen LogP contribution in [0.1, 0.15) is 147 Å². The minimum absolute atomic E-state index is 0.167. The summed E-state index contributed by atoms with van der Waals surface area (Å²) in [6.45, 7) is 23.8. The van der Waals surface area contributed by atoms with Crippen LogP contribution in [0, 0.1) is 22.7 Å². The summed E-state index contributed by atoms with van der Waals surface area (Å²) in [5.41, 5.74) is -7.69. The molecular weight excluding hydrogens is 828 g/mol. The lowest BCUT2D eigenvalue weighted by atomic mass is 9.66. The first-order chi connectivity index (χ1) is 26.4. The second kappa shape index (κ2) is 19.7.